The molecule has 2 saturated heterocycles. The lowest BCUT2D eigenvalue weighted by Gasteiger charge is -2.53. The van der Waals surface area contributed by atoms with Gasteiger partial charge in [0, 0.05) is 65.0 Å². The summed E-state index contributed by atoms with van der Waals surface area (Å²) in [5, 5.41) is 0. The first kappa shape index (κ1) is 125. The molecule has 0 N–H and O–H groups in total. The molecule has 0 saturated carbocycles. The first-order chi connectivity index (χ1) is 51.7. The molecule has 0 aromatic heterocycles. The van der Waals surface area contributed by atoms with Crippen LogP contribution >= 0.6 is 0 Å². The van der Waals surface area contributed by atoms with Crippen LogP contribution in [0.25, 0.3) is 0 Å². The summed E-state index contributed by atoms with van der Waals surface area (Å²) < 4.78 is 68.2. The van der Waals surface area contributed by atoms with Crippen molar-refractivity contribution in [1.82, 2.24) is 9.80 Å². The fourth-order valence-electron chi connectivity index (χ4n) is 11.4. The number of carbonyl (C=O) groups is 8. The average molecular weight is 1780 g/mol. The molecule has 2 fully saturated rings. The molecule has 700 valence electrons. The zero-order valence-electron chi connectivity index (χ0n) is 82.8. The summed E-state index contributed by atoms with van der Waals surface area (Å²) in [5.41, 5.74) is -1.63. The molecule has 0 spiro atoms. The van der Waals surface area contributed by atoms with Gasteiger partial charge in [-0.25, -0.2) is 9.59 Å². The van der Waals surface area contributed by atoms with E-state index in [2.05, 4.69) is 184 Å². The third-order valence-corrected chi connectivity index (χ3v) is 39.8. The molecule has 0 aliphatic carbocycles. The Morgan fingerprint density at radius 3 is 0.729 bits per heavy atom. The van der Waals surface area contributed by atoms with Gasteiger partial charge in [0.15, 0.2) is 41.6 Å². The Labute approximate surface area is 730 Å². The second kappa shape index (κ2) is 51.7. The molecule has 0 aromatic carbocycles. The lowest BCUT2D eigenvalue weighted by atomic mass is 9.78. The van der Waals surface area contributed by atoms with Crippen LogP contribution in [-0.2, 0) is 92.7 Å². The van der Waals surface area contributed by atoms with E-state index in [1.165, 1.54) is 0 Å². The van der Waals surface area contributed by atoms with Gasteiger partial charge in [-0.05, 0) is 315 Å². The quantitative estimate of drug-likeness (QED) is 0.0183. The van der Waals surface area contributed by atoms with Gasteiger partial charge in [-0.3, -0.25) is 38.6 Å². The highest BCUT2D eigenvalue weighted by Gasteiger charge is 2.51. The first-order valence-electron chi connectivity index (χ1n) is 42.7. The number of ether oxygens (including phenoxy) is 8. The predicted molar refractivity (Wildman–Crippen MR) is 503 cm³/mol. The maximum atomic E-state index is 12.2. The van der Waals surface area contributed by atoms with Gasteiger partial charge in [0.25, 0.3) is 0 Å². The molecule has 0 unspecified atom stereocenters. The third-order valence-electron chi connectivity index (χ3n) is 21.5. The van der Waals surface area contributed by atoms with E-state index in [9.17, 15) is 38.4 Å². The predicted octanol–water partition coefficient (Wildman–Crippen LogP) is 22.9. The van der Waals surface area contributed by atoms with E-state index < -0.39 is 78.6 Å². The molecule has 0 atom stereocenters. The number of hydrogen-bond donors (Lipinski definition) is 0. The second-order valence-corrected chi connectivity index (χ2v) is 68.6. The van der Waals surface area contributed by atoms with Crippen LogP contribution in [0.1, 0.15) is 286 Å². The van der Waals surface area contributed by atoms with Gasteiger partial charge < -0.3 is 54.4 Å². The van der Waals surface area contributed by atoms with Crippen LogP contribution in [0.3, 0.4) is 0 Å². The number of likely N-dealkylation sites (tertiary alicyclic amines) is 2. The number of rotatable bonds is 38. The highest BCUT2D eigenvalue weighted by atomic mass is 28.5. The van der Waals surface area contributed by atoms with Crippen LogP contribution in [0.15, 0.2) is 24.3 Å². The van der Waals surface area contributed by atoms with Crippen LogP contribution in [0.2, 0.25) is 104 Å². The highest BCUT2D eigenvalue weighted by molar-refractivity contribution is 6.90. The van der Waals surface area contributed by atoms with E-state index in [4.69, 9.17) is 54.4 Å². The molecule has 0 aromatic rings. The van der Waals surface area contributed by atoms with Gasteiger partial charge in [-0.1, -0.05) is 69.6 Å². The minimum atomic E-state index is -2.83. The molecular formula is C90H186N2O20Si6. The molecule has 2 heterocycles. The molecule has 118 heavy (non-hydrogen) atoms. The fourth-order valence-corrected chi connectivity index (χ4v) is 34.0. The Morgan fingerprint density at radius 2 is 0.525 bits per heavy atom. The van der Waals surface area contributed by atoms with E-state index in [1.54, 1.807) is 13.8 Å². The lowest BCUT2D eigenvalue weighted by molar-refractivity contribution is -0.170. The summed E-state index contributed by atoms with van der Waals surface area (Å²) in [7, 11) is -7.15. The van der Waals surface area contributed by atoms with Gasteiger partial charge in [-0.15, -0.1) is 0 Å². The minimum Gasteiger partial charge on any atom is -0.465 e. The summed E-state index contributed by atoms with van der Waals surface area (Å²) in [6, 6.07) is 1.75. The van der Waals surface area contributed by atoms with Crippen LogP contribution in [0.5, 0.6) is 0 Å². The lowest BCUT2D eigenvalue weighted by Crippen LogP contribution is -2.60. The number of carbonyl (C=O) groups excluding carboxylic acids is 8. The minimum absolute atomic E-state index is 0. The Hall–Kier alpha value is -3.70. The summed E-state index contributed by atoms with van der Waals surface area (Å²) >= 11 is 0. The largest absolute Gasteiger partial charge is 0.469 e. The number of piperidine rings is 2. The summed E-state index contributed by atoms with van der Waals surface area (Å²) in [6.07, 6.45) is 9.89. The van der Waals surface area contributed by atoms with Crippen molar-refractivity contribution >= 4 is 98.1 Å². The SMILES string of the molecule is C.C.C=C(C)C(=O)OCCOC(=O)C(C)(C)CC.C=C(C)C(=O)OCCOC(=O)C(C)(C)CC.CCC(C)(C)C(=O)OC1CC(C)(C)N(C)C(C)(C)C1.CCC(C)(C)C(=O)OC1CC(C)(C)N(C)C(C)(C)C1.CCC(C)(C)C(=O)OCCC[Si](C)(C)O[Si](C)(C)C.CCC(C)(C)C(=O)OCCC[Si](O[Si](C)(C)C)(O[Si](C)(C)C)O[Si](C)(C)C. The van der Waals surface area contributed by atoms with Crippen molar-refractivity contribution in [2.45, 2.75) is 424 Å². The molecule has 22 nitrogen and oxygen atoms in total. The van der Waals surface area contributed by atoms with Crippen molar-refractivity contribution in [2.24, 2.45) is 32.5 Å². The molecule has 28 heteroatoms. The Morgan fingerprint density at radius 1 is 0.331 bits per heavy atom. The van der Waals surface area contributed by atoms with Crippen molar-refractivity contribution in [2.75, 3.05) is 53.7 Å². The van der Waals surface area contributed by atoms with Crippen molar-refractivity contribution in [3.8, 4) is 0 Å². The normalized spacial score (nSPS) is 16.2. The summed E-state index contributed by atoms with van der Waals surface area (Å²) in [4.78, 5) is 98.2. The highest BCUT2D eigenvalue weighted by Crippen LogP contribution is 2.41. The van der Waals surface area contributed by atoms with Crippen LogP contribution in [-0.4, -0.2) is 196 Å². The van der Waals surface area contributed by atoms with Crippen molar-refractivity contribution < 1.29 is 92.7 Å². The average Bonchev–Trinajstić information content (AvgIpc) is 0.798. The fraction of sp³-hybridized carbons (Fsp3) is 0.867. The molecular weight excluding hydrogens is 1600 g/mol. The maximum absolute atomic E-state index is 12.2. The van der Waals surface area contributed by atoms with Gasteiger partial charge in [0.1, 0.15) is 38.6 Å². The van der Waals surface area contributed by atoms with Crippen LogP contribution in [0.4, 0.5) is 0 Å². The van der Waals surface area contributed by atoms with Gasteiger partial charge in [0.05, 0.1) is 45.7 Å². The number of nitrogens with zero attached hydrogens (tertiary/aromatic N) is 2. The molecule has 0 bridgehead atoms. The third kappa shape index (κ3) is 51.5. The first-order valence-corrected chi connectivity index (χ1v) is 61.4. The Kier molecular flexibility index (Phi) is 54.8. The maximum Gasteiger partial charge on any atom is 0.469 e. The van der Waals surface area contributed by atoms with Crippen molar-refractivity contribution in [3.63, 3.8) is 0 Å². The Balaban J connectivity index is -0.000000321. The monoisotopic (exact) mass is 1780 g/mol. The van der Waals surface area contributed by atoms with Crippen molar-refractivity contribution in [1.29, 1.82) is 0 Å². The van der Waals surface area contributed by atoms with Crippen LogP contribution < -0.4 is 0 Å². The summed E-state index contributed by atoms with van der Waals surface area (Å²) in [5.74, 6) is -1.83. The number of esters is 8. The smallest absolute Gasteiger partial charge is 0.465 e. The number of hydrogen-bond acceptors (Lipinski definition) is 22. The molecule has 0 amide bonds. The van der Waals surface area contributed by atoms with E-state index in [0.717, 1.165) is 63.8 Å². The van der Waals surface area contributed by atoms with Crippen molar-refractivity contribution in [3.05, 3.63) is 24.3 Å². The zero-order chi connectivity index (χ0) is 92.7. The van der Waals surface area contributed by atoms with E-state index in [-0.39, 0.29) is 128 Å². The standard InChI is InChI=1S/C18H44O5Si4.2C16H31NO2.C14H32O3Si2.2C12H20O4.2CH4/c1-13-18(2,3)17(19)20-15-14-16-27(21-24(4,5)6,22-25(7,8)9)23-26(10,11)12;2*1-9-14(2,3)13(18)19-12-10-15(4,5)17(8)16(6,7)11-12;1-9-14(2,3)13(15)16-11-10-12-19(7,8)17-18(4,5)6;2*1-6-12(4,5)11(14)16-8-7-15-10(13)9(2)3;;/h13-16H2,1-12H3;2*12H,9-11H2,1-8H3;9-12H2,1-8H3;2*2,6-8H2,1,3-5H3;2*1H4. The summed E-state index contributed by atoms with van der Waals surface area (Å²) in [6.45, 7) is 94.5. The van der Waals surface area contributed by atoms with E-state index in [0.29, 0.717) is 49.7 Å². The van der Waals surface area contributed by atoms with Crippen LogP contribution in [0, 0.1) is 32.5 Å². The van der Waals surface area contributed by atoms with E-state index in [1.807, 2.05) is 125 Å². The molecule has 2 aliphatic rings. The molecule has 2 aliphatic heterocycles. The molecule has 0 radical (unpaired) electrons. The molecule has 2 rings (SSSR count). The van der Waals surface area contributed by atoms with Gasteiger partial charge >= 0.3 is 56.6 Å². The van der Waals surface area contributed by atoms with Gasteiger partial charge in [0.2, 0.25) is 0 Å². The second-order valence-electron chi connectivity index (χ2n) is 42.5. The van der Waals surface area contributed by atoms with Gasteiger partial charge in [-0.2, -0.15) is 0 Å². The van der Waals surface area contributed by atoms with E-state index >= 15 is 0 Å². The zero-order valence-corrected chi connectivity index (χ0v) is 88.8. The topological polar surface area (TPSA) is 254 Å². The Bertz CT molecular complexity index is 2850.